The molecule has 6 nitrogen and oxygen atoms in total. The van der Waals surface area contributed by atoms with Gasteiger partial charge in [0.05, 0.1) is 11.6 Å². The van der Waals surface area contributed by atoms with E-state index >= 15 is 0 Å². The standard InChI is InChI=1S/C17H23N3O3S3/c1-17(2,3)13-11-25-16(18-13)19-15(21)12-6-4-8-20(10-12)26(22,23)14-7-5-9-24-14/h5,7,9,11-12H,4,6,8,10H2,1-3H3,(H,18,19,21). The number of thiazole rings is 1. The summed E-state index contributed by atoms with van der Waals surface area (Å²) < 4.78 is 27.1. The number of nitrogens with zero attached hydrogens (tertiary/aromatic N) is 2. The molecule has 9 heteroatoms. The summed E-state index contributed by atoms with van der Waals surface area (Å²) in [5.74, 6) is -0.522. The zero-order valence-corrected chi connectivity index (χ0v) is 17.5. The molecular formula is C17H23N3O3S3. The van der Waals surface area contributed by atoms with Crippen LogP contribution in [0.4, 0.5) is 5.13 Å². The number of carbonyl (C=O) groups excluding carboxylic acids is 1. The van der Waals surface area contributed by atoms with Crippen molar-refractivity contribution in [3.8, 4) is 0 Å². The molecule has 1 atom stereocenters. The van der Waals surface area contributed by atoms with Crippen LogP contribution in [-0.4, -0.2) is 36.7 Å². The smallest absolute Gasteiger partial charge is 0.252 e. The summed E-state index contributed by atoms with van der Waals surface area (Å²) >= 11 is 2.60. The molecule has 2 aromatic rings. The normalized spacial score (nSPS) is 19.4. The number of rotatable bonds is 4. The van der Waals surface area contributed by atoms with Gasteiger partial charge in [0, 0.05) is 23.9 Å². The summed E-state index contributed by atoms with van der Waals surface area (Å²) in [4.78, 5) is 17.1. The van der Waals surface area contributed by atoms with Crippen LogP contribution in [-0.2, 0) is 20.2 Å². The Balaban J connectivity index is 1.68. The van der Waals surface area contributed by atoms with E-state index in [1.54, 1.807) is 17.5 Å². The molecule has 0 spiro atoms. The molecule has 1 aliphatic heterocycles. The number of carbonyl (C=O) groups is 1. The van der Waals surface area contributed by atoms with Gasteiger partial charge in [-0.3, -0.25) is 4.79 Å². The number of hydrogen-bond acceptors (Lipinski definition) is 6. The molecule has 0 radical (unpaired) electrons. The Morgan fingerprint density at radius 1 is 1.35 bits per heavy atom. The average Bonchev–Trinajstić information content (AvgIpc) is 3.26. The zero-order chi connectivity index (χ0) is 18.9. The van der Waals surface area contributed by atoms with Gasteiger partial charge in [0.15, 0.2) is 5.13 Å². The third-order valence-corrected chi connectivity index (χ3v) is 8.34. The molecule has 3 rings (SSSR count). The van der Waals surface area contributed by atoms with Gasteiger partial charge in [-0.25, -0.2) is 13.4 Å². The van der Waals surface area contributed by atoms with Gasteiger partial charge in [-0.2, -0.15) is 4.31 Å². The number of thiophene rings is 1. The SMILES string of the molecule is CC(C)(C)c1csc(NC(=O)C2CCCN(S(=O)(=O)c3cccs3)C2)n1. The molecule has 0 aliphatic carbocycles. The molecule has 1 N–H and O–H groups in total. The molecule has 1 saturated heterocycles. The Hall–Kier alpha value is -1.29. The maximum Gasteiger partial charge on any atom is 0.252 e. The van der Waals surface area contributed by atoms with E-state index in [2.05, 4.69) is 31.1 Å². The number of aromatic nitrogens is 1. The van der Waals surface area contributed by atoms with E-state index in [9.17, 15) is 13.2 Å². The van der Waals surface area contributed by atoms with Gasteiger partial charge in [-0.1, -0.05) is 26.8 Å². The van der Waals surface area contributed by atoms with E-state index in [0.717, 1.165) is 5.69 Å². The molecule has 0 aromatic carbocycles. The summed E-state index contributed by atoms with van der Waals surface area (Å²) in [7, 11) is -3.51. The van der Waals surface area contributed by atoms with E-state index in [0.29, 0.717) is 28.7 Å². The van der Waals surface area contributed by atoms with E-state index in [4.69, 9.17) is 0 Å². The molecule has 1 fully saturated rings. The first kappa shape index (κ1) is 19.5. The van der Waals surface area contributed by atoms with Gasteiger partial charge in [0.2, 0.25) is 5.91 Å². The molecule has 3 heterocycles. The van der Waals surface area contributed by atoms with E-state index in [1.807, 2.05) is 5.38 Å². The van der Waals surface area contributed by atoms with E-state index in [1.165, 1.54) is 27.0 Å². The second-order valence-electron chi connectivity index (χ2n) is 7.41. The Labute approximate surface area is 162 Å². The highest BCUT2D eigenvalue weighted by Gasteiger charge is 2.34. The largest absolute Gasteiger partial charge is 0.302 e. The minimum atomic E-state index is -3.51. The van der Waals surface area contributed by atoms with Crippen LogP contribution >= 0.6 is 22.7 Å². The predicted octanol–water partition coefficient (Wildman–Crippen LogP) is 3.54. The minimum Gasteiger partial charge on any atom is -0.302 e. The lowest BCUT2D eigenvalue weighted by Crippen LogP contribution is -2.43. The number of anilines is 1. The number of hydrogen-bond donors (Lipinski definition) is 1. The van der Waals surface area contributed by atoms with Gasteiger partial charge >= 0.3 is 0 Å². The van der Waals surface area contributed by atoms with Gasteiger partial charge < -0.3 is 5.32 Å². The summed E-state index contributed by atoms with van der Waals surface area (Å²) in [6.45, 7) is 6.88. The Morgan fingerprint density at radius 2 is 2.12 bits per heavy atom. The molecule has 142 valence electrons. The highest BCUT2D eigenvalue weighted by Crippen LogP contribution is 2.29. The van der Waals surface area contributed by atoms with Crippen LogP contribution in [0.5, 0.6) is 0 Å². The van der Waals surface area contributed by atoms with Crippen LogP contribution in [0.15, 0.2) is 27.1 Å². The van der Waals surface area contributed by atoms with Crippen LogP contribution in [0, 0.1) is 5.92 Å². The fourth-order valence-corrected chi connectivity index (χ4v) is 6.40. The van der Waals surface area contributed by atoms with Crippen molar-refractivity contribution >= 4 is 43.7 Å². The lowest BCUT2D eigenvalue weighted by atomic mass is 9.93. The first-order valence-electron chi connectivity index (χ1n) is 8.48. The van der Waals surface area contributed by atoms with Crippen molar-refractivity contribution in [2.45, 2.75) is 43.2 Å². The van der Waals surface area contributed by atoms with Crippen molar-refractivity contribution in [1.82, 2.24) is 9.29 Å². The topological polar surface area (TPSA) is 79.4 Å². The van der Waals surface area contributed by atoms with Gasteiger partial charge in [-0.05, 0) is 24.3 Å². The van der Waals surface area contributed by atoms with Crippen molar-refractivity contribution in [3.05, 3.63) is 28.6 Å². The molecular weight excluding hydrogens is 390 g/mol. The van der Waals surface area contributed by atoms with Crippen molar-refractivity contribution in [1.29, 1.82) is 0 Å². The lowest BCUT2D eigenvalue weighted by Gasteiger charge is -2.30. The fourth-order valence-electron chi connectivity index (χ4n) is 2.80. The van der Waals surface area contributed by atoms with Crippen LogP contribution < -0.4 is 5.32 Å². The predicted molar refractivity (Wildman–Crippen MR) is 105 cm³/mol. The third kappa shape index (κ3) is 4.16. The van der Waals surface area contributed by atoms with Crippen molar-refractivity contribution in [2.75, 3.05) is 18.4 Å². The van der Waals surface area contributed by atoms with Crippen LogP contribution in [0.2, 0.25) is 0 Å². The highest BCUT2D eigenvalue weighted by molar-refractivity contribution is 7.91. The van der Waals surface area contributed by atoms with Gasteiger partial charge in [-0.15, -0.1) is 22.7 Å². The monoisotopic (exact) mass is 413 g/mol. The van der Waals surface area contributed by atoms with Crippen molar-refractivity contribution in [2.24, 2.45) is 5.92 Å². The van der Waals surface area contributed by atoms with Crippen LogP contribution in [0.25, 0.3) is 0 Å². The second kappa shape index (κ2) is 7.38. The minimum absolute atomic E-state index is 0.0735. The highest BCUT2D eigenvalue weighted by atomic mass is 32.2. The molecule has 1 amide bonds. The number of nitrogens with one attached hydrogen (secondary N) is 1. The van der Waals surface area contributed by atoms with Crippen LogP contribution in [0.3, 0.4) is 0 Å². The summed E-state index contributed by atoms with van der Waals surface area (Å²) in [6, 6.07) is 3.33. The first-order chi connectivity index (χ1) is 12.2. The van der Waals surface area contributed by atoms with Gasteiger partial charge in [0.1, 0.15) is 4.21 Å². The number of piperidine rings is 1. The lowest BCUT2D eigenvalue weighted by molar-refractivity contribution is -0.120. The molecule has 0 bridgehead atoms. The summed E-state index contributed by atoms with van der Waals surface area (Å²) in [5.41, 5.74) is 0.860. The second-order valence-corrected chi connectivity index (χ2v) is 11.4. The third-order valence-electron chi connectivity index (χ3n) is 4.35. The Kier molecular flexibility index (Phi) is 5.53. The molecule has 1 aliphatic rings. The molecule has 0 saturated carbocycles. The van der Waals surface area contributed by atoms with E-state index in [-0.39, 0.29) is 23.8 Å². The Morgan fingerprint density at radius 3 is 2.73 bits per heavy atom. The average molecular weight is 414 g/mol. The number of amides is 1. The fraction of sp³-hybridized carbons (Fsp3) is 0.529. The van der Waals surface area contributed by atoms with Crippen molar-refractivity contribution < 1.29 is 13.2 Å². The zero-order valence-electron chi connectivity index (χ0n) is 15.1. The summed E-state index contributed by atoms with van der Waals surface area (Å²) in [5, 5.41) is 7.12. The van der Waals surface area contributed by atoms with Gasteiger partial charge in [0.25, 0.3) is 10.0 Å². The number of sulfonamides is 1. The molecule has 26 heavy (non-hydrogen) atoms. The van der Waals surface area contributed by atoms with Crippen molar-refractivity contribution in [3.63, 3.8) is 0 Å². The Bertz CT molecular complexity index is 867. The quantitative estimate of drug-likeness (QED) is 0.831. The summed E-state index contributed by atoms with van der Waals surface area (Å²) in [6.07, 6.45) is 1.35. The van der Waals surface area contributed by atoms with Crippen LogP contribution in [0.1, 0.15) is 39.3 Å². The maximum absolute atomic E-state index is 12.7. The first-order valence-corrected chi connectivity index (χ1v) is 11.7. The molecule has 1 unspecified atom stereocenters. The maximum atomic E-state index is 12.7. The van der Waals surface area contributed by atoms with E-state index < -0.39 is 10.0 Å². The molecule has 2 aromatic heterocycles.